The van der Waals surface area contributed by atoms with E-state index in [0.717, 1.165) is 12.2 Å². The molecule has 0 fully saturated rings. The molecule has 168 valence electrons. The number of carbonyl (C=O) groups excluding carboxylic acids is 4. The van der Waals surface area contributed by atoms with Crippen molar-refractivity contribution in [3.05, 3.63) is 25.3 Å². The topological polar surface area (TPSA) is 180 Å². The van der Waals surface area contributed by atoms with Crippen LogP contribution in [0.1, 0.15) is 32.6 Å². The lowest BCUT2D eigenvalue weighted by Crippen LogP contribution is -2.20. The fraction of sp³-hybridized carbons (Fsp3) is 0.444. The van der Waals surface area contributed by atoms with Gasteiger partial charge in [0.2, 0.25) is 0 Å². The number of carboxylic acids is 2. The Bertz CT molecular complexity index is 637. The normalized spacial score (nSPS) is 10.2. The number of carboxylic acid groups (broad SMARTS) is 2. The van der Waals surface area contributed by atoms with Gasteiger partial charge in [-0.2, -0.15) is 0 Å². The maximum Gasteiger partial charge on any atom is 0.378 e. The third kappa shape index (κ3) is 17.7. The summed E-state index contributed by atoms with van der Waals surface area (Å²) in [4.78, 5) is 71.5. The molecule has 0 bridgehead atoms. The molecule has 30 heavy (non-hydrogen) atoms. The van der Waals surface area contributed by atoms with Gasteiger partial charge < -0.3 is 19.7 Å². The van der Waals surface area contributed by atoms with Gasteiger partial charge in [-0.15, -0.1) is 0 Å². The zero-order valence-corrected chi connectivity index (χ0v) is 16.4. The van der Waals surface area contributed by atoms with Gasteiger partial charge in [-0.3, -0.25) is 14.4 Å². The van der Waals surface area contributed by atoms with E-state index in [1.54, 1.807) is 6.92 Å². The number of aliphatic carboxylic acids is 2. The molecule has 1 unspecified atom stereocenters. The lowest BCUT2D eigenvalue weighted by atomic mass is 10.0. The lowest BCUT2D eigenvalue weighted by molar-refractivity contribution is -0.255. The quantitative estimate of drug-likeness (QED) is 0.192. The standard InChI is InChI=1S/2C9H12O6/c1-3-7(10)14-15-9(12)6-5-8(11)13-4-2;1-2-8(12)15-4-3-6(9(13)14)5-7(10)11/h3H,1,4-6H2,2H3;2,6H,1,3-5H2,(H,10,11)(H,13,14). The lowest BCUT2D eigenvalue weighted by Gasteiger charge is -2.08. The van der Waals surface area contributed by atoms with Crippen molar-refractivity contribution >= 4 is 35.8 Å². The van der Waals surface area contributed by atoms with Crippen LogP contribution in [0.15, 0.2) is 25.3 Å². The van der Waals surface area contributed by atoms with Crippen LogP contribution in [0.3, 0.4) is 0 Å². The van der Waals surface area contributed by atoms with Crippen LogP contribution in [-0.4, -0.2) is 59.2 Å². The van der Waals surface area contributed by atoms with Gasteiger partial charge in [-0.1, -0.05) is 13.2 Å². The van der Waals surface area contributed by atoms with Crippen molar-refractivity contribution in [2.45, 2.75) is 32.6 Å². The van der Waals surface area contributed by atoms with Crippen molar-refractivity contribution in [1.29, 1.82) is 0 Å². The van der Waals surface area contributed by atoms with Crippen molar-refractivity contribution in [1.82, 2.24) is 0 Å². The molecule has 0 aromatic carbocycles. The van der Waals surface area contributed by atoms with E-state index in [0.29, 0.717) is 0 Å². The SMILES string of the molecule is C=CC(=O)OCCC(CC(=O)O)C(=O)O.C=CC(=O)OOC(=O)CCC(=O)OCC. The van der Waals surface area contributed by atoms with Gasteiger partial charge in [-0.05, 0) is 13.3 Å². The summed E-state index contributed by atoms with van der Waals surface area (Å²) in [6.45, 7) is 8.03. The molecule has 0 aliphatic heterocycles. The molecular weight excluding hydrogens is 408 g/mol. The Morgan fingerprint density at radius 3 is 1.90 bits per heavy atom. The fourth-order valence-corrected chi connectivity index (χ4v) is 1.48. The van der Waals surface area contributed by atoms with Crippen molar-refractivity contribution in [3.8, 4) is 0 Å². The highest BCUT2D eigenvalue weighted by Gasteiger charge is 2.21. The summed E-state index contributed by atoms with van der Waals surface area (Å²) in [6, 6.07) is 0. The average molecular weight is 432 g/mol. The highest BCUT2D eigenvalue weighted by molar-refractivity contribution is 5.82. The second-order valence-corrected chi connectivity index (χ2v) is 5.16. The zero-order chi connectivity index (χ0) is 23.5. The van der Waals surface area contributed by atoms with Crippen LogP contribution in [0, 0.1) is 5.92 Å². The van der Waals surface area contributed by atoms with E-state index in [1.165, 1.54) is 0 Å². The minimum atomic E-state index is -1.22. The van der Waals surface area contributed by atoms with E-state index in [2.05, 4.69) is 32.4 Å². The summed E-state index contributed by atoms with van der Waals surface area (Å²) in [5.41, 5.74) is 0. The molecule has 0 aromatic heterocycles. The molecular formula is C18H24O12. The molecule has 0 rings (SSSR count). The molecule has 0 aliphatic carbocycles. The summed E-state index contributed by atoms with van der Waals surface area (Å²) in [7, 11) is 0. The van der Waals surface area contributed by atoms with Crippen molar-refractivity contribution in [2.24, 2.45) is 5.92 Å². The number of rotatable bonds is 12. The molecule has 1 atom stereocenters. The number of hydrogen-bond acceptors (Lipinski definition) is 10. The van der Waals surface area contributed by atoms with E-state index >= 15 is 0 Å². The van der Waals surface area contributed by atoms with Crippen LogP contribution >= 0.6 is 0 Å². The maximum absolute atomic E-state index is 10.8. The van der Waals surface area contributed by atoms with E-state index in [9.17, 15) is 28.8 Å². The molecule has 0 radical (unpaired) electrons. The van der Waals surface area contributed by atoms with Crippen LogP contribution in [0.2, 0.25) is 0 Å². The van der Waals surface area contributed by atoms with E-state index in [4.69, 9.17) is 10.2 Å². The first-order chi connectivity index (χ1) is 14.1. The van der Waals surface area contributed by atoms with Gasteiger partial charge in [0.25, 0.3) is 0 Å². The summed E-state index contributed by atoms with van der Waals surface area (Å²) < 4.78 is 9.11. The largest absolute Gasteiger partial charge is 0.481 e. The Hall–Kier alpha value is -3.70. The van der Waals surface area contributed by atoms with Crippen LogP contribution in [0.25, 0.3) is 0 Å². The number of esters is 2. The van der Waals surface area contributed by atoms with E-state index < -0.39 is 48.2 Å². The van der Waals surface area contributed by atoms with E-state index in [-0.39, 0.29) is 32.5 Å². The molecule has 0 saturated heterocycles. The summed E-state index contributed by atoms with van der Waals surface area (Å²) >= 11 is 0. The fourth-order valence-electron chi connectivity index (χ4n) is 1.48. The molecule has 0 spiro atoms. The Balaban J connectivity index is 0. The number of ether oxygens (including phenoxy) is 2. The van der Waals surface area contributed by atoms with Crippen LogP contribution in [0.4, 0.5) is 0 Å². The van der Waals surface area contributed by atoms with Gasteiger partial charge >= 0.3 is 35.8 Å². The average Bonchev–Trinajstić information content (AvgIpc) is 2.69. The Kier molecular flexibility index (Phi) is 16.5. The number of hydrogen-bond donors (Lipinski definition) is 2. The van der Waals surface area contributed by atoms with Crippen LogP contribution in [0.5, 0.6) is 0 Å². The van der Waals surface area contributed by atoms with Gasteiger partial charge in [0, 0.05) is 12.2 Å². The Morgan fingerprint density at radius 1 is 0.867 bits per heavy atom. The molecule has 0 saturated carbocycles. The van der Waals surface area contributed by atoms with Gasteiger partial charge in [0.05, 0.1) is 38.4 Å². The summed E-state index contributed by atoms with van der Waals surface area (Å²) in [5.74, 6) is -6.32. The molecule has 12 heteroatoms. The first kappa shape index (κ1) is 28.5. The smallest absolute Gasteiger partial charge is 0.378 e. The zero-order valence-electron chi connectivity index (χ0n) is 16.4. The Labute approximate surface area is 172 Å². The van der Waals surface area contributed by atoms with Crippen LogP contribution in [-0.2, 0) is 48.0 Å². The van der Waals surface area contributed by atoms with E-state index in [1.807, 2.05) is 0 Å². The Morgan fingerprint density at radius 2 is 1.43 bits per heavy atom. The second-order valence-electron chi connectivity index (χ2n) is 5.16. The first-order valence-electron chi connectivity index (χ1n) is 8.50. The van der Waals surface area contributed by atoms with Crippen molar-refractivity contribution in [3.63, 3.8) is 0 Å². The predicted molar refractivity (Wildman–Crippen MR) is 97.4 cm³/mol. The molecule has 0 amide bonds. The molecule has 12 nitrogen and oxygen atoms in total. The van der Waals surface area contributed by atoms with Crippen LogP contribution < -0.4 is 0 Å². The van der Waals surface area contributed by atoms with Gasteiger partial charge in [0.15, 0.2) is 0 Å². The minimum Gasteiger partial charge on any atom is -0.481 e. The highest BCUT2D eigenvalue weighted by atomic mass is 17.2. The number of carbonyl (C=O) groups is 6. The third-order valence-electron chi connectivity index (χ3n) is 2.87. The summed E-state index contributed by atoms with van der Waals surface area (Å²) in [5, 5.41) is 17.0. The highest BCUT2D eigenvalue weighted by Crippen LogP contribution is 2.09. The maximum atomic E-state index is 10.8. The molecule has 0 aliphatic rings. The van der Waals surface area contributed by atoms with Gasteiger partial charge in [0.1, 0.15) is 0 Å². The summed E-state index contributed by atoms with van der Waals surface area (Å²) in [6.07, 6.45) is 0.968. The third-order valence-corrected chi connectivity index (χ3v) is 2.87. The second kappa shape index (κ2) is 17.4. The van der Waals surface area contributed by atoms with Crippen molar-refractivity contribution in [2.75, 3.05) is 13.2 Å². The predicted octanol–water partition coefficient (Wildman–Crippen LogP) is 0.798. The van der Waals surface area contributed by atoms with Gasteiger partial charge in [-0.25, -0.2) is 24.2 Å². The first-order valence-corrected chi connectivity index (χ1v) is 8.50. The molecule has 0 heterocycles. The monoisotopic (exact) mass is 432 g/mol. The minimum absolute atomic E-state index is 0.0266. The molecule has 0 aromatic rings. The molecule has 2 N–H and O–H groups in total. The van der Waals surface area contributed by atoms with Crippen molar-refractivity contribution < 1.29 is 58.2 Å².